The maximum Gasteiger partial charge on any atom is 0.328 e. The number of ether oxygens (including phenoxy) is 1. The molecule has 0 spiro atoms. The van der Waals surface area contributed by atoms with E-state index in [0.717, 1.165) is 6.42 Å². The zero-order chi connectivity index (χ0) is 13.5. The highest BCUT2D eigenvalue weighted by Gasteiger charge is 2.19. The lowest BCUT2D eigenvalue weighted by molar-refractivity contribution is -0.140. The van der Waals surface area contributed by atoms with Crippen molar-refractivity contribution in [2.24, 2.45) is 5.41 Å². The number of amides is 2. The molecule has 0 bridgehead atoms. The Labute approximate surface area is 102 Å². The van der Waals surface area contributed by atoms with Crippen molar-refractivity contribution in [2.75, 3.05) is 20.3 Å². The summed E-state index contributed by atoms with van der Waals surface area (Å²) < 4.78 is 4.70. The van der Waals surface area contributed by atoms with Gasteiger partial charge < -0.3 is 20.5 Å². The van der Waals surface area contributed by atoms with E-state index in [1.807, 2.05) is 0 Å². The summed E-state index contributed by atoms with van der Waals surface area (Å²) >= 11 is 0. The summed E-state index contributed by atoms with van der Waals surface area (Å²) in [5.41, 5.74) is 0.131. The van der Waals surface area contributed by atoms with Gasteiger partial charge in [0.05, 0.1) is 6.61 Å². The Bertz CT molecular complexity index is 261. The van der Waals surface area contributed by atoms with Crippen LogP contribution in [0.4, 0.5) is 4.79 Å². The van der Waals surface area contributed by atoms with Crippen LogP contribution in [0, 0.1) is 5.41 Å². The molecule has 0 aromatic carbocycles. The smallest absolute Gasteiger partial charge is 0.328 e. The number of aliphatic carboxylic acids is 1. The van der Waals surface area contributed by atoms with E-state index >= 15 is 0 Å². The molecule has 0 heterocycles. The highest BCUT2D eigenvalue weighted by molar-refractivity contribution is 5.82. The monoisotopic (exact) mass is 246 g/mol. The summed E-state index contributed by atoms with van der Waals surface area (Å²) in [5, 5.41) is 13.7. The molecule has 0 aromatic rings. The predicted molar refractivity (Wildman–Crippen MR) is 63.9 cm³/mol. The van der Waals surface area contributed by atoms with Gasteiger partial charge >= 0.3 is 12.0 Å². The van der Waals surface area contributed by atoms with Gasteiger partial charge in [0.1, 0.15) is 0 Å². The maximum absolute atomic E-state index is 11.4. The van der Waals surface area contributed by atoms with Gasteiger partial charge in [0.15, 0.2) is 6.04 Å². The van der Waals surface area contributed by atoms with Gasteiger partial charge in [-0.15, -0.1) is 0 Å². The normalized spacial score (nSPS) is 12.9. The van der Waals surface area contributed by atoms with Gasteiger partial charge in [-0.2, -0.15) is 0 Å². The number of nitrogens with one attached hydrogen (secondary N) is 2. The Hall–Kier alpha value is -1.30. The van der Waals surface area contributed by atoms with Gasteiger partial charge in [-0.25, -0.2) is 9.59 Å². The number of carbonyl (C=O) groups excluding carboxylic acids is 1. The largest absolute Gasteiger partial charge is 0.480 e. The van der Waals surface area contributed by atoms with Crippen LogP contribution in [0.3, 0.4) is 0 Å². The molecular formula is C11H22N2O4. The van der Waals surface area contributed by atoms with Gasteiger partial charge in [0.2, 0.25) is 0 Å². The molecule has 0 aliphatic heterocycles. The Kier molecular flexibility index (Phi) is 6.57. The lowest BCUT2D eigenvalue weighted by Crippen LogP contribution is -2.48. The van der Waals surface area contributed by atoms with E-state index in [4.69, 9.17) is 9.84 Å². The van der Waals surface area contributed by atoms with E-state index in [9.17, 15) is 9.59 Å². The summed E-state index contributed by atoms with van der Waals surface area (Å²) in [6.45, 7) is 6.66. The van der Waals surface area contributed by atoms with Crippen molar-refractivity contribution in [3.63, 3.8) is 0 Å². The minimum absolute atomic E-state index is 0.0535. The van der Waals surface area contributed by atoms with Crippen LogP contribution in [0.15, 0.2) is 0 Å². The molecule has 0 radical (unpaired) electrons. The number of hydrogen-bond donors (Lipinski definition) is 3. The van der Waals surface area contributed by atoms with E-state index in [1.54, 1.807) is 0 Å². The van der Waals surface area contributed by atoms with Crippen LogP contribution in [0.2, 0.25) is 0 Å². The topological polar surface area (TPSA) is 87.7 Å². The second-order valence-corrected chi connectivity index (χ2v) is 5.06. The van der Waals surface area contributed by atoms with E-state index < -0.39 is 18.0 Å². The van der Waals surface area contributed by atoms with Crippen molar-refractivity contribution in [1.29, 1.82) is 0 Å². The Morgan fingerprint density at radius 1 is 1.35 bits per heavy atom. The van der Waals surface area contributed by atoms with Crippen LogP contribution in [0.5, 0.6) is 0 Å². The number of rotatable bonds is 6. The van der Waals surface area contributed by atoms with E-state index in [2.05, 4.69) is 31.4 Å². The molecule has 1 atom stereocenters. The standard InChI is InChI=1S/C11H22N2O4/c1-11(2,3)5-6-12-10(16)13-8(7-17-4)9(14)15/h8H,5-7H2,1-4H3,(H,14,15)(H2,12,13,16). The third-order valence-electron chi connectivity index (χ3n) is 2.10. The number of carbonyl (C=O) groups is 2. The van der Waals surface area contributed by atoms with Crippen molar-refractivity contribution in [3.8, 4) is 0 Å². The molecule has 2 amide bonds. The van der Waals surface area contributed by atoms with Gasteiger partial charge in [-0.05, 0) is 11.8 Å². The average molecular weight is 246 g/mol. The highest BCUT2D eigenvalue weighted by atomic mass is 16.5. The van der Waals surface area contributed by atoms with E-state index in [1.165, 1.54) is 7.11 Å². The molecule has 0 aliphatic carbocycles. The molecular weight excluding hydrogens is 224 g/mol. The summed E-state index contributed by atoms with van der Waals surface area (Å²) in [5.74, 6) is -1.11. The average Bonchev–Trinajstić information content (AvgIpc) is 2.14. The summed E-state index contributed by atoms with van der Waals surface area (Å²) in [4.78, 5) is 22.1. The van der Waals surface area contributed by atoms with Crippen molar-refractivity contribution in [1.82, 2.24) is 10.6 Å². The zero-order valence-electron chi connectivity index (χ0n) is 10.9. The Balaban J connectivity index is 3.95. The molecule has 6 nitrogen and oxygen atoms in total. The lowest BCUT2D eigenvalue weighted by atomic mass is 9.92. The molecule has 0 fully saturated rings. The first-order valence-corrected chi connectivity index (χ1v) is 5.52. The van der Waals surface area contributed by atoms with Crippen molar-refractivity contribution < 1.29 is 19.4 Å². The molecule has 6 heteroatoms. The molecule has 0 saturated carbocycles. The lowest BCUT2D eigenvalue weighted by Gasteiger charge is -2.19. The number of carboxylic acid groups (broad SMARTS) is 1. The minimum Gasteiger partial charge on any atom is -0.480 e. The van der Waals surface area contributed by atoms with Crippen LogP contribution < -0.4 is 10.6 Å². The van der Waals surface area contributed by atoms with Crippen LogP contribution >= 0.6 is 0 Å². The molecule has 1 unspecified atom stereocenters. The fourth-order valence-corrected chi connectivity index (χ4v) is 1.10. The Morgan fingerprint density at radius 2 is 1.94 bits per heavy atom. The highest BCUT2D eigenvalue weighted by Crippen LogP contribution is 2.16. The fraction of sp³-hybridized carbons (Fsp3) is 0.818. The zero-order valence-corrected chi connectivity index (χ0v) is 10.9. The van der Waals surface area contributed by atoms with Crippen molar-refractivity contribution in [3.05, 3.63) is 0 Å². The molecule has 17 heavy (non-hydrogen) atoms. The van der Waals surface area contributed by atoms with E-state index in [-0.39, 0.29) is 12.0 Å². The van der Waals surface area contributed by atoms with Crippen LogP contribution in [-0.2, 0) is 9.53 Å². The van der Waals surface area contributed by atoms with Crippen LogP contribution in [0.1, 0.15) is 27.2 Å². The SMILES string of the molecule is COCC(NC(=O)NCCC(C)(C)C)C(=O)O. The second kappa shape index (κ2) is 7.11. The predicted octanol–water partition coefficient (Wildman–Crippen LogP) is 0.821. The second-order valence-electron chi connectivity index (χ2n) is 5.06. The molecule has 3 N–H and O–H groups in total. The van der Waals surface area contributed by atoms with E-state index in [0.29, 0.717) is 6.54 Å². The number of carboxylic acids is 1. The number of urea groups is 1. The molecule has 0 rings (SSSR count). The van der Waals surface area contributed by atoms with Crippen LogP contribution in [0.25, 0.3) is 0 Å². The maximum atomic E-state index is 11.4. The molecule has 100 valence electrons. The third kappa shape index (κ3) is 8.50. The quantitative estimate of drug-likeness (QED) is 0.647. The molecule has 0 aliphatic rings. The van der Waals surface area contributed by atoms with Crippen LogP contribution in [-0.4, -0.2) is 43.4 Å². The first kappa shape index (κ1) is 15.7. The van der Waals surface area contributed by atoms with Gasteiger partial charge in [0, 0.05) is 13.7 Å². The number of methoxy groups -OCH3 is 1. The summed E-state index contributed by atoms with van der Waals surface area (Å²) in [6, 6.07) is -1.51. The first-order valence-electron chi connectivity index (χ1n) is 5.52. The molecule has 0 saturated heterocycles. The first-order chi connectivity index (χ1) is 7.76. The van der Waals surface area contributed by atoms with Gasteiger partial charge in [-0.1, -0.05) is 20.8 Å². The van der Waals surface area contributed by atoms with Gasteiger partial charge in [-0.3, -0.25) is 0 Å². The fourth-order valence-electron chi connectivity index (χ4n) is 1.10. The Morgan fingerprint density at radius 3 is 2.35 bits per heavy atom. The molecule has 0 aromatic heterocycles. The number of hydrogen-bond acceptors (Lipinski definition) is 3. The van der Waals surface area contributed by atoms with Crippen molar-refractivity contribution in [2.45, 2.75) is 33.2 Å². The summed E-state index contributed by atoms with van der Waals surface area (Å²) in [6.07, 6.45) is 0.822. The van der Waals surface area contributed by atoms with Gasteiger partial charge in [0.25, 0.3) is 0 Å². The van der Waals surface area contributed by atoms with Crippen molar-refractivity contribution >= 4 is 12.0 Å². The minimum atomic E-state index is -1.11. The summed E-state index contributed by atoms with van der Waals surface area (Å²) in [7, 11) is 1.38. The third-order valence-corrected chi connectivity index (χ3v) is 2.10.